The lowest BCUT2D eigenvalue weighted by molar-refractivity contribution is 0.101. The Bertz CT molecular complexity index is 582. The molecule has 0 atom stereocenters. The lowest BCUT2D eigenvalue weighted by atomic mass is 9.92. The average Bonchev–Trinajstić information content (AvgIpc) is 2.38. The van der Waals surface area contributed by atoms with E-state index in [0.717, 1.165) is 23.1 Å². The largest absolute Gasteiger partial charge is 0.294 e. The van der Waals surface area contributed by atoms with E-state index in [9.17, 15) is 4.79 Å². The molecule has 0 fully saturated rings. The minimum Gasteiger partial charge on any atom is -0.294 e. The zero-order valence-electron chi connectivity index (χ0n) is 11.2. The maximum atomic E-state index is 11.8. The van der Waals surface area contributed by atoms with Crippen molar-refractivity contribution in [3.8, 4) is 11.1 Å². The smallest absolute Gasteiger partial charge is 0.160 e. The van der Waals surface area contributed by atoms with E-state index in [1.807, 2.05) is 24.3 Å². The highest BCUT2D eigenvalue weighted by atomic mass is 16.1. The van der Waals surface area contributed by atoms with E-state index in [1.54, 1.807) is 6.92 Å². The number of aryl methyl sites for hydroxylation is 2. The predicted molar refractivity (Wildman–Crippen MR) is 76.0 cm³/mol. The Morgan fingerprint density at radius 1 is 1.06 bits per heavy atom. The van der Waals surface area contributed by atoms with Gasteiger partial charge in [0.15, 0.2) is 5.78 Å². The Morgan fingerprint density at radius 2 is 1.78 bits per heavy atom. The summed E-state index contributed by atoms with van der Waals surface area (Å²) >= 11 is 0. The highest BCUT2D eigenvalue weighted by Gasteiger charge is 2.11. The van der Waals surface area contributed by atoms with Gasteiger partial charge in [-0.15, -0.1) is 0 Å². The van der Waals surface area contributed by atoms with Crippen LogP contribution in [0.15, 0.2) is 42.5 Å². The van der Waals surface area contributed by atoms with E-state index in [0.29, 0.717) is 0 Å². The molecule has 0 aliphatic rings. The summed E-state index contributed by atoms with van der Waals surface area (Å²) in [4.78, 5) is 11.8. The van der Waals surface area contributed by atoms with E-state index in [1.165, 1.54) is 11.1 Å². The molecular weight excluding hydrogens is 220 g/mol. The van der Waals surface area contributed by atoms with Gasteiger partial charge in [-0.2, -0.15) is 0 Å². The second-order valence-electron chi connectivity index (χ2n) is 4.60. The highest BCUT2D eigenvalue weighted by Crippen LogP contribution is 2.28. The summed E-state index contributed by atoms with van der Waals surface area (Å²) < 4.78 is 0. The van der Waals surface area contributed by atoms with Gasteiger partial charge in [-0.25, -0.2) is 0 Å². The number of carbonyl (C=O) groups excluding carboxylic acids is 1. The van der Waals surface area contributed by atoms with Gasteiger partial charge in [0.05, 0.1) is 0 Å². The van der Waals surface area contributed by atoms with Crippen LogP contribution in [0.3, 0.4) is 0 Å². The van der Waals surface area contributed by atoms with Crippen LogP contribution in [0, 0.1) is 6.92 Å². The van der Waals surface area contributed by atoms with Crippen molar-refractivity contribution in [3.63, 3.8) is 0 Å². The van der Waals surface area contributed by atoms with Gasteiger partial charge in [-0.1, -0.05) is 49.4 Å². The predicted octanol–water partition coefficient (Wildman–Crippen LogP) is 4.43. The fourth-order valence-corrected chi connectivity index (χ4v) is 2.22. The molecule has 92 valence electrons. The van der Waals surface area contributed by atoms with Crippen molar-refractivity contribution in [2.75, 3.05) is 0 Å². The van der Waals surface area contributed by atoms with Crippen LogP contribution in [-0.2, 0) is 6.42 Å². The molecule has 0 bridgehead atoms. The Balaban J connectivity index is 2.68. The van der Waals surface area contributed by atoms with E-state index in [2.05, 4.69) is 32.0 Å². The first-order valence-corrected chi connectivity index (χ1v) is 6.33. The standard InChI is InChI=1S/C17H18O/c1-4-14-9-10-16(13(3)18)17(11-14)15-8-6-5-7-12(15)2/h5-11H,4H2,1-3H3. The summed E-state index contributed by atoms with van der Waals surface area (Å²) in [6.07, 6.45) is 0.983. The molecule has 0 unspecified atom stereocenters. The SMILES string of the molecule is CCc1ccc(C(C)=O)c(-c2ccccc2C)c1. The second kappa shape index (κ2) is 5.18. The lowest BCUT2D eigenvalue weighted by Gasteiger charge is -2.11. The van der Waals surface area contributed by atoms with Gasteiger partial charge in [0.2, 0.25) is 0 Å². The van der Waals surface area contributed by atoms with E-state index in [4.69, 9.17) is 0 Å². The fraction of sp³-hybridized carbons (Fsp3) is 0.235. The third-order valence-corrected chi connectivity index (χ3v) is 3.31. The number of ketones is 1. The molecule has 0 amide bonds. The Kier molecular flexibility index (Phi) is 3.61. The van der Waals surface area contributed by atoms with Gasteiger partial charge in [0.25, 0.3) is 0 Å². The molecule has 0 heterocycles. The molecule has 0 N–H and O–H groups in total. The molecule has 0 saturated heterocycles. The number of carbonyl (C=O) groups is 1. The van der Waals surface area contributed by atoms with Crippen molar-refractivity contribution in [1.82, 2.24) is 0 Å². The van der Waals surface area contributed by atoms with Gasteiger partial charge in [-0.05, 0) is 42.5 Å². The van der Waals surface area contributed by atoms with Gasteiger partial charge in [-0.3, -0.25) is 4.79 Å². The normalized spacial score (nSPS) is 10.4. The van der Waals surface area contributed by atoms with Crippen molar-refractivity contribution in [2.24, 2.45) is 0 Å². The molecule has 0 aromatic heterocycles. The van der Waals surface area contributed by atoms with Crippen LogP contribution in [0.1, 0.15) is 35.3 Å². The van der Waals surface area contributed by atoms with Crippen molar-refractivity contribution in [2.45, 2.75) is 27.2 Å². The first-order valence-electron chi connectivity index (χ1n) is 6.33. The molecule has 0 spiro atoms. The first kappa shape index (κ1) is 12.6. The van der Waals surface area contributed by atoms with Crippen molar-refractivity contribution in [3.05, 3.63) is 59.2 Å². The van der Waals surface area contributed by atoms with Crippen molar-refractivity contribution >= 4 is 5.78 Å². The summed E-state index contributed by atoms with van der Waals surface area (Å²) in [7, 11) is 0. The van der Waals surface area contributed by atoms with E-state index >= 15 is 0 Å². The quantitative estimate of drug-likeness (QED) is 0.723. The summed E-state index contributed by atoms with van der Waals surface area (Å²) in [5, 5.41) is 0. The molecule has 0 saturated carbocycles. The van der Waals surface area contributed by atoms with Crippen LogP contribution >= 0.6 is 0 Å². The van der Waals surface area contributed by atoms with Crippen LogP contribution < -0.4 is 0 Å². The summed E-state index contributed by atoms with van der Waals surface area (Å²) in [5.74, 6) is 0.121. The van der Waals surface area contributed by atoms with Crippen LogP contribution in [0.2, 0.25) is 0 Å². The van der Waals surface area contributed by atoms with Gasteiger partial charge in [0, 0.05) is 5.56 Å². The van der Waals surface area contributed by atoms with Crippen molar-refractivity contribution < 1.29 is 4.79 Å². The lowest BCUT2D eigenvalue weighted by Crippen LogP contribution is -1.98. The third kappa shape index (κ3) is 2.35. The molecule has 0 aliphatic carbocycles. The molecule has 0 radical (unpaired) electrons. The Morgan fingerprint density at radius 3 is 2.39 bits per heavy atom. The maximum Gasteiger partial charge on any atom is 0.160 e. The topological polar surface area (TPSA) is 17.1 Å². The molecule has 0 aliphatic heterocycles. The summed E-state index contributed by atoms with van der Waals surface area (Å²) in [5.41, 5.74) is 5.48. The number of benzene rings is 2. The zero-order chi connectivity index (χ0) is 13.1. The summed E-state index contributed by atoms with van der Waals surface area (Å²) in [6.45, 7) is 5.84. The molecule has 1 heteroatoms. The monoisotopic (exact) mass is 238 g/mol. The minimum atomic E-state index is 0.121. The van der Waals surface area contributed by atoms with Gasteiger partial charge < -0.3 is 0 Å². The zero-order valence-corrected chi connectivity index (χ0v) is 11.2. The number of hydrogen-bond donors (Lipinski definition) is 0. The van der Waals surface area contributed by atoms with Crippen molar-refractivity contribution in [1.29, 1.82) is 0 Å². The van der Waals surface area contributed by atoms with Gasteiger partial charge >= 0.3 is 0 Å². The van der Waals surface area contributed by atoms with Crippen LogP contribution in [0.25, 0.3) is 11.1 Å². The fourth-order valence-electron chi connectivity index (χ4n) is 2.22. The molecular formula is C17H18O. The van der Waals surface area contributed by atoms with Crippen LogP contribution in [0.4, 0.5) is 0 Å². The molecule has 2 aromatic carbocycles. The van der Waals surface area contributed by atoms with Crippen LogP contribution in [0.5, 0.6) is 0 Å². The van der Waals surface area contributed by atoms with Crippen LogP contribution in [-0.4, -0.2) is 5.78 Å². The van der Waals surface area contributed by atoms with Gasteiger partial charge in [0.1, 0.15) is 0 Å². The molecule has 18 heavy (non-hydrogen) atoms. The number of rotatable bonds is 3. The minimum absolute atomic E-state index is 0.121. The molecule has 1 nitrogen and oxygen atoms in total. The Labute approximate surface area is 108 Å². The highest BCUT2D eigenvalue weighted by molar-refractivity contribution is 6.01. The number of Topliss-reactive ketones (excluding diaryl/α,β-unsaturated/α-hetero) is 1. The third-order valence-electron chi connectivity index (χ3n) is 3.31. The maximum absolute atomic E-state index is 11.8. The number of hydrogen-bond acceptors (Lipinski definition) is 1. The molecule has 2 aromatic rings. The Hall–Kier alpha value is -1.89. The second-order valence-corrected chi connectivity index (χ2v) is 4.60. The van der Waals surface area contributed by atoms with E-state index < -0.39 is 0 Å². The molecule has 2 rings (SSSR count). The first-order chi connectivity index (χ1) is 8.63. The average molecular weight is 238 g/mol. The van der Waals surface area contributed by atoms with E-state index in [-0.39, 0.29) is 5.78 Å². The summed E-state index contributed by atoms with van der Waals surface area (Å²) in [6, 6.07) is 14.3.